The van der Waals surface area contributed by atoms with Crippen molar-refractivity contribution in [3.05, 3.63) is 23.8 Å². The molecular formula is C9H14O4. The first kappa shape index (κ1) is 14.0. The molecule has 0 rings (SSSR count). The summed E-state index contributed by atoms with van der Waals surface area (Å²) in [6.07, 6.45) is 1.17. The third kappa shape index (κ3) is 17.9. The molecule has 0 aliphatic rings. The zero-order chi connectivity index (χ0) is 11.0. The van der Waals surface area contributed by atoms with Crippen LogP contribution in [0.2, 0.25) is 0 Å². The van der Waals surface area contributed by atoms with Crippen molar-refractivity contribution in [3.8, 4) is 0 Å². The van der Waals surface area contributed by atoms with Crippen molar-refractivity contribution in [1.29, 1.82) is 0 Å². The second kappa shape index (κ2) is 7.09. The molecule has 0 atom stereocenters. The van der Waals surface area contributed by atoms with Gasteiger partial charge in [-0.05, 0) is 20.8 Å². The maximum Gasteiger partial charge on any atom is 0.330 e. The Morgan fingerprint density at radius 3 is 1.46 bits per heavy atom. The van der Waals surface area contributed by atoms with E-state index in [9.17, 15) is 9.59 Å². The van der Waals surface area contributed by atoms with Gasteiger partial charge in [-0.25, -0.2) is 9.59 Å². The first-order chi connectivity index (χ1) is 5.77. The van der Waals surface area contributed by atoms with Crippen molar-refractivity contribution >= 4 is 11.9 Å². The van der Waals surface area contributed by atoms with Gasteiger partial charge in [0.25, 0.3) is 0 Å². The predicted octanol–water partition coefficient (Wildman–Crippen LogP) is 1.68. The molecule has 74 valence electrons. The molecular weight excluding hydrogens is 172 g/mol. The van der Waals surface area contributed by atoms with E-state index in [-0.39, 0.29) is 5.57 Å². The van der Waals surface area contributed by atoms with E-state index >= 15 is 0 Å². The van der Waals surface area contributed by atoms with Crippen molar-refractivity contribution in [2.45, 2.75) is 20.8 Å². The van der Waals surface area contributed by atoms with Crippen LogP contribution in [0.15, 0.2) is 23.8 Å². The van der Waals surface area contributed by atoms with Gasteiger partial charge < -0.3 is 10.2 Å². The largest absolute Gasteiger partial charge is 0.478 e. The molecule has 2 N–H and O–H groups in total. The molecule has 4 nitrogen and oxygen atoms in total. The number of hydrogen-bond acceptors (Lipinski definition) is 2. The molecule has 0 aromatic heterocycles. The first-order valence-electron chi connectivity index (χ1n) is 3.54. The zero-order valence-electron chi connectivity index (χ0n) is 8.00. The Kier molecular flexibility index (Phi) is 7.62. The fourth-order valence-electron chi connectivity index (χ4n) is 0.247. The number of carboxylic acids is 2. The van der Waals surface area contributed by atoms with E-state index in [1.807, 2.05) is 0 Å². The third-order valence-electron chi connectivity index (χ3n) is 0.777. The molecule has 0 saturated carbocycles. The van der Waals surface area contributed by atoms with Crippen molar-refractivity contribution in [2.75, 3.05) is 0 Å². The van der Waals surface area contributed by atoms with E-state index in [1.165, 1.54) is 13.0 Å². The van der Waals surface area contributed by atoms with Crippen molar-refractivity contribution < 1.29 is 19.8 Å². The van der Waals surface area contributed by atoms with E-state index in [0.717, 1.165) is 5.57 Å². The van der Waals surface area contributed by atoms with Gasteiger partial charge in [0.1, 0.15) is 0 Å². The van der Waals surface area contributed by atoms with Crippen LogP contribution in [0.4, 0.5) is 0 Å². The van der Waals surface area contributed by atoms with Crippen LogP contribution in [0.1, 0.15) is 20.8 Å². The summed E-state index contributed by atoms with van der Waals surface area (Å²) in [5.41, 5.74) is 0.988. The molecule has 13 heavy (non-hydrogen) atoms. The Morgan fingerprint density at radius 2 is 1.46 bits per heavy atom. The number of rotatable bonds is 2. The summed E-state index contributed by atoms with van der Waals surface area (Å²) in [6.45, 7) is 8.09. The molecule has 0 unspecified atom stereocenters. The van der Waals surface area contributed by atoms with Gasteiger partial charge in [0.2, 0.25) is 0 Å². The fourth-order valence-corrected chi connectivity index (χ4v) is 0.247. The highest BCUT2D eigenvalue weighted by Crippen LogP contribution is 1.85. The highest BCUT2D eigenvalue weighted by Gasteiger charge is 1.90. The highest BCUT2D eigenvalue weighted by molar-refractivity contribution is 5.84. The summed E-state index contributed by atoms with van der Waals surface area (Å²) < 4.78 is 0. The topological polar surface area (TPSA) is 74.6 Å². The molecule has 0 saturated heterocycles. The molecule has 0 heterocycles. The van der Waals surface area contributed by atoms with Crippen LogP contribution in [0.3, 0.4) is 0 Å². The zero-order valence-corrected chi connectivity index (χ0v) is 8.00. The fraction of sp³-hybridized carbons (Fsp3) is 0.333. The summed E-state index contributed by atoms with van der Waals surface area (Å²) in [5, 5.41) is 15.9. The van der Waals surface area contributed by atoms with Crippen LogP contribution >= 0.6 is 0 Å². The maximum atomic E-state index is 9.73. The number of allylic oxidation sites excluding steroid dienone is 1. The second-order valence-corrected chi connectivity index (χ2v) is 2.65. The minimum Gasteiger partial charge on any atom is -0.478 e. The minimum atomic E-state index is -0.935. The van der Waals surface area contributed by atoms with Gasteiger partial charge in [-0.15, -0.1) is 0 Å². The standard InChI is InChI=1S/C5H8O2.C4H6O2/c1-4(2)3-5(6)7;1-3(2)4(5)6/h3H,1-2H3,(H,6,7);1H2,2H3,(H,5,6). The van der Waals surface area contributed by atoms with Gasteiger partial charge in [-0.2, -0.15) is 0 Å². The summed E-state index contributed by atoms with van der Waals surface area (Å²) >= 11 is 0. The Morgan fingerprint density at radius 1 is 1.15 bits per heavy atom. The molecule has 0 aromatic carbocycles. The van der Waals surface area contributed by atoms with Crippen LogP contribution in [-0.4, -0.2) is 22.2 Å². The minimum absolute atomic E-state index is 0.176. The average Bonchev–Trinajstić information content (AvgIpc) is 1.84. The SMILES string of the molecule is C=C(C)C(=O)O.CC(C)=CC(=O)O. The molecule has 0 aliphatic heterocycles. The van der Waals surface area contributed by atoms with E-state index in [4.69, 9.17) is 10.2 Å². The van der Waals surface area contributed by atoms with E-state index in [2.05, 4.69) is 6.58 Å². The van der Waals surface area contributed by atoms with Crippen molar-refractivity contribution in [2.24, 2.45) is 0 Å². The molecule has 0 amide bonds. The summed E-state index contributed by atoms with van der Waals surface area (Å²) in [6, 6.07) is 0. The van der Waals surface area contributed by atoms with E-state index in [1.54, 1.807) is 13.8 Å². The lowest BCUT2D eigenvalue weighted by atomic mass is 10.3. The van der Waals surface area contributed by atoms with Gasteiger partial charge >= 0.3 is 11.9 Å². The van der Waals surface area contributed by atoms with Gasteiger partial charge in [0.05, 0.1) is 0 Å². The van der Waals surface area contributed by atoms with Crippen molar-refractivity contribution in [3.63, 3.8) is 0 Å². The maximum absolute atomic E-state index is 9.73. The van der Waals surface area contributed by atoms with Gasteiger partial charge in [0, 0.05) is 11.6 Å². The average molecular weight is 186 g/mol. The third-order valence-corrected chi connectivity index (χ3v) is 0.777. The first-order valence-corrected chi connectivity index (χ1v) is 3.54. The lowest BCUT2D eigenvalue weighted by molar-refractivity contribution is -0.133. The quantitative estimate of drug-likeness (QED) is 0.643. The number of hydrogen-bond donors (Lipinski definition) is 2. The van der Waals surface area contributed by atoms with Crippen LogP contribution in [-0.2, 0) is 9.59 Å². The molecule has 0 bridgehead atoms. The Bertz CT molecular complexity index is 222. The summed E-state index contributed by atoms with van der Waals surface area (Å²) in [4.78, 5) is 19.3. The van der Waals surface area contributed by atoms with Crippen LogP contribution < -0.4 is 0 Å². The molecule has 0 spiro atoms. The van der Waals surface area contributed by atoms with Gasteiger partial charge in [-0.3, -0.25) is 0 Å². The lowest BCUT2D eigenvalue weighted by Gasteiger charge is -1.79. The number of carbonyl (C=O) groups is 2. The second-order valence-electron chi connectivity index (χ2n) is 2.65. The Balaban J connectivity index is 0. The molecule has 4 heteroatoms. The Hall–Kier alpha value is -1.58. The smallest absolute Gasteiger partial charge is 0.330 e. The van der Waals surface area contributed by atoms with Crippen molar-refractivity contribution in [1.82, 2.24) is 0 Å². The summed E-state index contributed by atoms with van der Waals surface area (Å²) in [5.74, 6) is -1.81. The number of aliphatic carboxylic acids is 2. The van der Waals surface area contributed by atoms with E-state index < -0.39 is 11.9 Å². The highest BCUT2D eigenvalue weighted by atomic mass is 16.4. The molecule has 0 radical (unpaired) electrons. The monoisotopic (exact) mass is 186 g/mol. The molecule has 0 fully saturated rings. The Labute approximate surface area is 77.2 Å². The van der Waals surface area contributed by atoms with Crippen LogP contribution in [0.5, 0.6) is 0 Å². The van der Waals surface area contributed by atoms with E-state index in [0.29, 0.717) is 0 Å². The summed E-state index contributed by atoms with van der Waals surface area (Å²) in [7, 11) is 0. The molecule has 0 aromatic rings. The lowest BCUT2D eigenvalue weighted by Crippen LogP contribution is -1.92. The van der Waals surface area contributed by atoms with Gasteiger partial charge in [-0.1, -0.05) is 12.2 Å². The molecule has 0 aliphatic carbocycles. The van der Waals surface area contributed by atoms with Crippen LogP contribution in [0.25, 0.3) is 0 Å². The predicted molar refractivity (Wildman–Crippen MR) is 49.5 cm³/mol. The van der Waals surface area contributed by atoms with Gasteiger partial charge in [0.15, 0.2) is 0 Å². The van der Waals surface area contributed by atoms with Crippen LogP contribution in [0, 0.1) is 0 Å². The number of carboxylic acid groups (broad SMARTS) is 2. The normalized spacial score (nSPS) is 7.62.